The van der Waals surface area contributed by atoms with E-state index in [1.54, 1.807) is 0 Å². The van der Waals surface area contributed by atoms with Crippen LogP contribution in [-0.2, 0) is 9.84 Å². The standard InChI is InChI=1S/C4H9ClNO2S/c5-1-3-9(7,8)4-2-6/h6H,1-4H2. The van der Waals surface area contributed by atoms with E-state index in [1.165, 1.54) is 0 Å². The van der Waals surface area contributed by atoms with Gasteiger partial charge >= 0.3 is 0 Å². The quantitative estimate of drug-likeness (QED) is 0.555. The van der Waals surface area contributed by atoms with Gasteiger partial charge in [0.1, 0.15) is 0 Å². The predicted octanol–water partition coefficient (Wildman–Crippen LogP) is -0.0771. The van der Waals surface area contributed by atoms with Gasteiger partial charge in [0.25, 0.3) is 0 Å². The summed E-state index contributed by atoms with van der Waals surface area (Å²) in [5.41, 5.74) is 6.61. The van der Waals surface area contributed by atoms with Gasteiger partial charge in [-0.1, -0.05) is 0 Å². The van der Waals surface area contributed by atoms with Crippen molar-refractivity contribution in [1.29, 1.82) is 0 Å². The van der Waals surface area contributed by atoms with Crippen LogP contribution in [0.2, 0.25) is 0 Å². The molecule has 0 aliphatic carbocycles. The first-order valence-electron chi connectivity index (χ1n) is 2.53. The molecule has 0 aromatic carbocycles. The van der Waals surface area contributed by atoms with Crippen molar-refractivity contribution in [2.45, 2.75) is 0 Å². The lowest BCUT2D eigenvalue weighted by atomic mass is 10.8. The molecule has 0 unspecified atom stereocenters. The maximum atomic E-state index is 10.6. The van der Waals surface area contributed by atoms with Crippen LogP contribution >= 0.6 is 11.6 Å². The molecule has 5 heteroatoms. The molecule has 0 rings (SSSR count). The Balaban J connectivity index is 3.73. The molecule has 0 aromatic rings. The van der Waals surface area contributed by atoms with Gasteiger partial charge in [-0.3, -0.25) is 5.73 Å². The van der Waals surface area contributed by atoms with Crippen LogP contribution in [0.1, 0.15) is 0 Å². The summed E-state index contributed by atoms with van der Waals surface area (Å²) in [5, 5.41) is 0. The van der Waals surface area contributed by atoms with Crippen LogP contribution in [0.15, 0.2) is 0 Å². The number of rotatable bonds is 4. The number of halogens is 1. The van der Waals surface area contributed by atoms with E-state index < -0.39 is 9.84 Å². The molecule has 0 heterocycles. The molecule has 3 nitrogen and oxygen atoms in total. The molecule has 0 saturated carbocycles. The molecule has 9 heavy (non-hydrogen) atoms. The molecule has 0 spiro atoms. The second-order valence-electron chi connectivity index (χ2n) is 1.59. The normalized spacial score (nSPS) is 11.8. The van der Waals surface area contributed by atoms with Crippen LogP contribution in [0.3, 0.4) is 0 Å². The van der Waals surface area contributed by atoms with Gasteiger partial charge in [0.15, 0.2) is 9.84 Å². The zero-order chi connectivity index (χ0) is 7.33. The van der Waals surface area contributed by atoms with Crippen molar-refractivity contribution in [1.82, 2.24) is 5.73 Å². The van der Waals surface area contributed by atoms with Crippen LogP contribution < -0.4 is 5.73 Å². The van der Waals surface area contributed by atoms with E-state index >= 15 is 0 Å². The first-order chi connectivity index (χ1) is 4.12. The first kappa shape index (κ1) is 9.20. The summed E-state index contributed by atoms with van der Waals surface area (Å²) in [6.45, 7) is -0.0702. The highest BCUT2D eigenvalue weighted by Crippen LogP contribution is 1.89. The Kier molecular flexibility index (Phi) is 4.18. The fourth-order valence-electron chi connectivity index (χ4n) is 0.375. The molecule has 0 aliphatic rings. The minimum atomic E-state index is -3.00. The van der Waals surface area contributed by atoms with Gasteiger partial charge in [0.2, 0.25) is 0 Å². The Hall–Kier alpha value is 0.200. The highest BCUT2D eigenvalue weighted by molar-refractivity contribution is 7.91. The summed E-state index contributed by atoms with van der Waals surface area (Å²) in [6.07, 6.45) is 0. The maximum absolute atomic E-state index is 10.6. The van der Waals surface area contributed by atoms with Crippen molar-refractivity contribution in [3.05, 3.63) is 0 Å². The third-order valence-corrected chi connectivity index (χ3v) is 2.87. The van der Waals surface area contributed by atoms with E-state index in [-0.39, 0.29) is 23.9 Å². The van der Waals surface area contributed by atoms with E-state index in [1.807, 2.05) is 0 Å². The largest absolute Gasteiger partial charge is 0.257 e. The smallest absolute Gasteiger partial charge is 0.152 e. The molecule has 0 aromatic heterocycles. The third-order valence-electron chi connectivity index (χ3n) is 0.801. The molecule has 0 aliphatic heterocycles. The Morgan fingerprint density at radius 1 is 1.33 bits per heavy atom. The molecule has 0 bridgehead atoms. The number of hydrogen-bond donors (Lipinski definition) is 0. The minimum Gasteiger partial charge on any atom is -0.257 e. The van der Waals surface area contributed by atoms with Gasteiger partial charge in [0.05, 0.1) is 11.5 Å². The molecule has 0 saturated heterocycles. The van der Waals surface area contributed by atoms with Crippen LogP contribution in [0.5, 0.6) is 0 Å². The summed E-state index contributed by atoms with van der Waals surface area (Å²) in [5.74, 6) is 0.0511. The number of nitrogens with one attached hydrogen (secondary N) is 1. The lowest BCUT2D eigenvalue weighted by Crippen LogP contribution is -2.15. The summed E-state index contributed by atoms with van der Waals surface area (Å²) < 4.78 is 21.3. The van der Waals surface area contributed by atoms with Crippen molar-refractivity contribution in [2.75, 3.05) is 23.9 Å². The molecule has 55 valence electrons. The molecular formula is C4H9ClNO2S. The average Bonchev–Trinajstić information content (AvgIpc) is 1.64. The summed E-state index contributed by atoms with van der Waals surface area (Å²) in [7, 11) is -3.00. The van der Waals surface area contributed by atoms with E-state index in [0.717, 1.165) is 0 Å². The summed E-state index contributed by atoms with van der Waals surface area (Å²) in [6, 6.07) is 0. The van der Waals surface area contributed by atoms with Crippen molar-refractivity contribution in [3.63, 3.8) is 0 Å². The summed E-state index contributed by atoms with van der Waals surface area (Å²) in [4.78, 5) is 0. The summed E-state index contributed by atoms with van der Waals surface area (Å²) >= 11 is 5.18. The molecule has 0 amide bonds. The highest BCUT2D eigenvalue weighted by atomic mass is 35.5. The van der Waals surface area contributed by atoms with Gasteiger partial charge in [0, 0.05) is 12.4 Å². The number of sulfone groups is 1. The van der Waals surface area contributed by atoms with Crippen molar-refractivity contribution < 1.29 is 8.42 Å². The minimum absolute atomic E-state index is 0.00651. The van der Waals surface area contributed by atoms with Crippen LogP contribution in [0.25, 0.3) is 0 Å². The average molecular weight is 171 g/mol. The second-order valence-corrected chi connectivity index (χ2v) is 4.27. The molecule has 1 radical (unpaired) electrons. The Bertz CT molecular complexity index is 142. The van der Waals surface area contributed by atoms with Gasteiger partial charge in [-0.25, -0.2) is 8.42 Å². The zero-order valence-corrected chi connectivity index (χ0v) is 6.50. The topological polar surface area (TPSA) is 57.9 Å². The van der Waals surface area contributed by atoms with Gasteiger partial charge in [-0.2, -0.15) is 0 Å². The fraction of sp³-hybridized carbons (Fsp3) is 1.00. The fourth-order valence-corrected chi connectivity index (χ4v) is 1.83. The lowest BCUT2D eigenvalue weighted by molar-refractivity contribution is 0.597. The molecular weight excluding hydrogens is 162 g/mol. The van der Waals surface area contributed by atoms with Gasteiger partial charge in [-0.05, 0) is 0 Å². The molecule has 0 atom stereocenters. The number of hydrogen-bond acceptors (Lipinski definition) is 2. The van der Waals surface area contributed by atoms with Crippen LogP contribution in [-0.4, -0.2) is 32.3 Å². The number of alkyl halides is 1. The van der Waals surface area contributed by atoms with Gasteiger partial charge in [-0.15, -0.1) is 11.6 Å². The molecule has 0 fully saturated rings. The predicted molar refractivity (Wildman–Crippen MR) is 37.3 cm³/mol. The second kappa shape index (κ2) is 4.09. The van der Waals surface area contributed by atoms with Crippen LogP contribution in [0.4, 0.5) is 0 Å². The Morgan fingerprint density at radius 3 is 2.22 bits per heavy atom. The molecule has 1 N–H and O–H groups in total. The lowest BCUT2D eigenvalue weighted by Gasteiger charge is -1.95. The van der Waals surface area contributed by atoms with Gasteiger partial charge < -0.3 is 0 Å². The first-order valence-corrected chi connectivity index (χ1v) is 4.89. The highest BCUT2D eigenvalue weighted by Gasteiger charge is 2.06. The van der Waals surface area contributed by atoms with E-state index in [0.29, 0.717) is 0 Å². The van der Waals surface area contributed by atoms with Crippen molar-refractivity contribution in [2.24, 2.45) is 0 Å². The van der Waals surface area contributed by atoms with E-state index in [4.69, 9.17) is 17.3 Å². The maximum Gasteiger partial charge on any atom is 0.152 e. The SMILES string of the molecule is [NH]CCS(=O)(=O)CCCl. The van der Waals surface area contributed by atoms with Crippen molar-refractivity contribution >= 4 is 21.4 Å². The zero-order valence-electron chi connectivity index (χ0n) is 4.93. The van der Waals surface area contributed by atoms with E-state index in [2.05, 4.69) is 0 Å². The Labute approximate surface area is 60.1 Å². The van der Waals surface area contributed by atoms with Crippen LogP contribution in [0, 0.1) is 0 Å². The monoisotopic (exact) mass is 170 g/mol. The third kappa shape index (κ3) is 4.69. The Morgan fingerprint density at radius 2 is 1.89 bits per heavy atom. The van der Waals surface area contributed by atoms with Crippen molar-refractivity contribution in [3.8, 4) is 0 Å². The van der Waals surface area contributed by atoms with E-state index in [9.17, 15) is 8.42 Å².